The molecule has 2 rings (SSSR count). The van der Waals surface area contributed by atoms with Crippen molar-refractivity contribution in [3.05, 3.63) is 28.7 Å². The van der Waals surface area contributed by atoms with E-state index in [9.17, 15) is 13.2 Å². The lowest BCUT2D eigenvalue weighted by molar-refractivity contribution is 0.275. The molecule has 0 aliphatic carbocycles. The van der Waals surface area contributed by atoms with E-state index in [1.807, 2.05) is 0 Å². The number of hydrogen-bond donors (Lipinski definition) is 2. The lowest BCUT2D eigenvalue weighted by atomic mass is 10.3. The smallest absolute Gasteiger partial charge is 0.408 e. The van der Waals surface area contributed by atoms with Crippen LogP contribution in [0, 0.1) is 0 Å². The first kappa shape index (κ1) is 14.8. The number of fused-ring (bicyclic) bond motifs is 1. The normalized spacial score (nSPS) is 13.8. The van der Waals surface area contributed by atoms with Gasteiger partial charge in [-0.3, -0.25) is 4.57 Å². The van der Waals surface area contributed by atoms with Crippen molar-refractivity contribution in [3.8, 4) is 0 Å². The van der Waals surface area contributed by atoms with Crippen LogP contribution in [0.15, 0.2) is 32.3 Å². The highest BCUT2D eigenvalue weighted by molar-refractivity contribution is 7.89. The van der Waals surface area contributed by atoms with Crippen molar-refractivity contribution in [3.63, 3.8) is 0 Å². The number of aliphatic hydroxyl groups excluding tert-OH is 1. The molecule has 20 heavy (non-hydrogen) atoms. The molecule has 110 valence electrons. The second-order valence-corrected chi connectivity index (χ2v) is 6.31. The molecule has 0 saturated carbocycles. The molecule has 1 heterocycles. The van der Waals surface area contributed by atoms with Crippen LogP contribution >= 0.6 is 0 Å². The summed E-state index contributed by atoms with van der Waals surface area (Å²) in [5.41, 5.74) is 0.743. The Morgan fingerprint density at radius 3 is 2.80 bits per heavy atom. The Labute approximate surface area is 115 Å². The van der Waals surface area contributed by atoms with Crippen molar-refractivity contribution in [1.29, 1.82) is 0 Å². The number of benzene rings is 1. The minimum atomic E-state index is -3.71. The van der Waals surface area contributed by atoms with Crippen molar-refractivity contribution >= 4 is 21.1 Å². The standard InChI is InChI=1S/C12H16N2O5S/c1-8(5-6-15)13-20(17,18)9-3-4-10-11(7-9)19-12(16)14(10)2/h3-4,7-8,13,15H,5-6H2,1-2H3. The summed E-state index contributed by atoms with van der Waals surface area (Å²) in [5, 5.41) is 8.79. The van der Waals surface area contributed by atoms with Crippen LogP contribution < -0.4 is 10.5 Å². The van der Waals surface area contributed by atoms with Crippen LogP contribution in [0.1, 0.15) is 13.3 Å². The molecule has 0 aliphatic rings. The van der Waals surface area contributed by atoms with Gasteiger partial charge in [-0.2, -0.15) is 0 Å². The maximum Gasteiger partial charge on any atom is 0.419 e. The predicted molar refractivity (Wildman–Crippen MR) is 72.9 cm³/mol. The topological polar surface area (TPSA) is 102 Å². The number of aromatic nitrogens is 1. The van der Waals surface area contributed by atoms with Gasteiger partial charge in [-0.1, -0.05) is 0 Å². The first-order chi connectivity index (χ1) is 9.35. The minimum Gasteiger partial charge on any atom is -0.408 e. The molecule has 0 radical (unpaired) electrons. The van der Waals surface area contributed by atoms with Gasteiger partial charge >= 0.3 is 5.76 Å². The van der Waals surface area contributed by atoms with Crippen molar-refractivity contribution in [2.24, 2.45) is 7.05 Å². The van der Waals surface area contributed by atoms with Crippen molar-refractivity contribution in [2.75, 3.05) is 6.61 Å². The van der Waals surface area contributed by atoms with Gasteiger partial charge in [0.15, 0.2) is 5.58 Å². The molecular formula is C12H16N2O5S. The monoisotopic (exact) mass is 300 g/mol. The molecule has 1 aromatic heterocycles. The molecule has 8 heteroatoms. The van der Waals surface area contributed by atoms with Gasteiger partial charge in [-0.25, -0.2) is 17.9 Å². The molecule has 0 saturated heterocycles. The Bertz CT molecular complexity index is 775. The number of oxazole rings is 1. The summed E-state index contributed by atoms with van der Waals surface area (Å²) in [5.74, 6) is -0.545. The number of aliphatic hydroxyl groups is 1. The summed E-state index contributed by atoms with van der Waals surface area (Å²) in [7, 11) is -2.16. The average molecular weight is 300 g/mol. The second kappa shape index (κ2) is 5.39. The van der Waals surface area contributed by atoms with Gasteiger partial charge in [0.1, 0.15) is 0 Å². The lowest BCUT2D eigenvalue weighted by Crippen LogP contribution is -2.33. The van der Waals surface area contributed by atoms with Crippen molar-refractivity contribution in [1.82, 2.24) is 9.29 Å². The van der Waals surface area contributed by atoms with E-state index in [-0.39, 0.29) is 23.1 Å². The number of rotatable bonds is 5. The average Bonchev–Trinajstić information content (AvgIpc) is 2.64. The molecular weight excluding hydrogens is 284 g/mol. The van der Waals surface area contributed by atoms with Gasteiger partial charge < -0.3 is 9.52 Å². The molecule has 0 aliphatic heterocycles. The van der Waals surface area contributed by atoms with E-state index in [2.05, 4.69) is 4.72 Å². The summed E-state index contributed by atoms with van der Waals surface area (Å²) < 4.78 is 33.0. The Hall–Kier alpha value is -1.64. The zero-order chi connectivity index (χ0) is 14.9. The second-order valence-electron chi connectivity index (χ2n) is 4.59. The molecule has 0 fully saturated rings. The fraction of sp³-hybridized carbons (Fsp3) is 0.417. The molecule has 1 aromatic carbocycles. The fourth-order valence-electron chi connectivity index (χ4n) is 1.87. The highest BCUT2D eigenvalue weighted by Crippen LogP contribution is 2.18. The first-order valence-corrected chi connectivity index (χ1v) is 7.56. The van der Waals surface area contributed by atoms with Crippen LogP contribution in [0.4, 0.5) is 0 Å². The highest BCUT2D eigenvalue weighted by Gasteiger charge is 2.19. The van der Waals surface area contributed by atoms with E-state index in [0.717, 1.165) is 0 Å². The summed E-state index contributed by atoms with van der Waals surface area (Å²) in [6.45, 7) is 1.56. The van der Waals surface area contributed by atoms with E-state index in [1.165, 1.54) is 22.8 Å². The Kier molecular flexibility index (Phi) is 3.98. The Morgan fingerprint density at radius 2 is 2.15 bits per heavy atom. The van der Waals surface area contributed by atoms with E-state index in [4.69, 9.17) is 9.52 Å². The largest absolute Gasteiger partial charge is 0.419 e. The molecule has 2 aromatic rings. The zero-order valence-electron chi connectivity index (χ0n) is 11.2. The summed E-state index contributed by atoms with van der Waals surface area (Å²) in [6.07, 6.45) is 0.321. The van der Waals surface area contributed by atoms with Gasteiger partial charge in [0.25, 0.3) is 0 Å². The zero-order valence-corrected chi connectivity index (χ0v) is 12.0. The van der Waals surface area contributed by atoms with Gasteiger partial charge in [0, 0.05) is 25.8 Å². The molecule has 1 unspecified atom stereocenters. The quantitative estimate of drug-likeness (QED) is 0.820. The van der Waals surface area contributed by atoms with E-state index in [1.54, 1.807) is 14.0 Å². The first-order valence-electron chi connectivity index (χ1n) is 6.08. The number of nitrogens with zero attached hydrogens (tertiary/aromatic N) is 1. The van der Waals surface area contributed by atoms with Gasteiger partial charge in [-0.05, 0) is 25.5 Å². The third kappa shape index (κ3) is 2.77. The van der Waals surface area contributed by atoms with Crippen LogP contribution in [0.2, 0.25) is 0 Å². The number of sulfonamides is 1. The molecule has 7 nitrogen and oxygen atoms in total. The van der Waals surface area contributed by atoms with Crippen LogP contribution in [0.25, 0.3) is 11.1 Å². The maximum atomic E-state index is 12.1. The summed E-state index contributed by atoms with van der Waals surface area (Å²) in [4.78, 5) is 11.4. The molecule has 1 atom stereocenters. The van der Waals surface area contributed by atoms with Crippen LogP contribution in [-0.4, -0.2) is 30.7 Å². The van der Waals surface area contributed by atoms with E-state index >= 15 is 0 Å². The number of nitrogens with one attached hydrogen (secondary N) is 1. The molecule has 0 amide bonds. The highest BCUT2D eigenvalue weighted by atomic mass is 32.2. The molecule has 0 spiro atoms. The lowest BCUT2D eigenvalue weighted by Gasteiger charge is -2.12. The van der Waals surface area contributed by atoms with Crippen molar-refractivity contribution < 1.29 is 17.9 Å². The number of aryl methyl sites for hydroxylation is 1. The van der Waals surface area contributed by atoms with Crippen molar-refractivity contribution in [2.45, 2.75) is 24.3 Å². The van der Waals surface area contributed by atoms with Gasteiger partial charge in [0.2, 0.25) is 10.0 Å². The van der Waals surface area contributed by atoms with Crippen LogP contribution in [0.3, 0.4) is 0 Å². The number of hydrogen-bond acceptors (Lipinski definition) is 5. The molecule has 0 bridgehead atoms. The fourth-order valence-corrected chi connectivity index (χ4v) is 3.16. The maximum absolute atomic E-state index is 12.1. The Morgan fingerprint density at radius 1 is 1.45 bits per heavy atom. The Balaban J connectivity index is 2.40. The van der Waals surface area contributed by atoms with Crippen LogP contribution in [-0.2, 0) is 17.1 Å². The predicted octanol–water partition coefficient (Wildman–Crippen LogP) is 0.181. The SMILES string of the molecule is CC(CCO)NS(=O)(=O)c1ccc2c(c1)oc(=O)n2C. The van der Waals surface area contributed by atoms with Gasteiger partial charge in [0.05, 0.1) is 10.4 Å². The summed E-state index contributed by atoms with van der Waals surface area (Å²) >= 11 is 0. The third-order valence-electron chi connectivity index (χ3n) is 2.99. The van der Waals surface area contributed by atoms with Crippen LogP contribution in [0.5, 0.6) is 0 Å². The van der Waals surface area contributed by atoms with E-state index in [0.29, 0.717) is 11.9 Å². The third-order valence-corrected chi connectivity index (χ3v) is 4.58. The molecule has 2 N–H and O–H groups in total. The van der Waals surface area contributed by atoms with E-state index < -0.39 is 15.8 Å². The van der Waals surface area contributed by atoms with Gasteiger partial charge in [-0.15, -0.1) is 0 Å². The minimum absolute atomic E-state index is 0.0177. The summed E-state index contributed by atoms with van der Waals surface area (Å²) in [6, 6.07) is 3.85.